The van der Waals surface area contributed by atoms with Crippen LogP contribution in [0.4, 0.5) is 0 Å². The number of nitrogens with zero attached hydrogens (tertiary/aromatic N) is 1. The summed E-state index contributed by atoms with van der Waals surface area (Å²) >= 11 is 5.30. The zero-order valence-electron chi connectivity index (χ0n) is 8.95. The maximum atomic E-state index is 6.03. The van der Waals surface area contributed by atoms with Crippen molar-refractivity contribution in [2.24, 2.45) is 11.7 Å². The molecule has 0 bridgehead atoms. The third-order valence-electron chi connectivity index (χ3n) is 2.77. The Bertz CT molecular complexity index is 316. The average molecular weight is 289 g/mol. The average Bonchev–Trinajstić information content (AvgIpc) is 2.49. The highest BCUT2D eigenvalue weighted by molar-refractivity contribution is 9.10. The van der Waals surface area contributed by atoms with Crippen molar-refractivity contribution in [3.05, 3.63) is 20.8 Å². The molecule has 2 rings (SSSR count). The van der Waals surface area contributed by atoms with Crippen molar-refractivity contribution in [3.8, 4) is 0 Å². The lowest BCUT2D eigenvalue weighted by atomic mass is 9.97. The number of hydrogen-bond donors (Lipinski definition) is 1. The molecule has 1 saturated heterocycles. The first kappa shape index (κ1) is 11.6. The van der Waals surface area contributed by atoms with Crippen molar-refractivity contribution in [1.29, 1.82) is 0 Å². The smallest absolute Gasteiger partial charge is 0.0329 e. The van der Waals surface area contributed by atoms with E-state index in [0.717, 1.165) is 19.0 Å². The van der Waals surface area contributed by atoms with Crippen molar-refractivity contribution in [1.82, 2.24) is 4.90 Å². The Labute approximate surface area is 104 Å². The van der Waals surface area contributed by atoms with E-state index in [2.05, 4.69) is 39.2 Å². The second-order valence-corrected chi connectivity index (χ2v) is 6.44. The second kappa shape index (κ2) is 4.95. The van der Waals surface area contributed by atoms with Gasteiger partial charge in [-0.1, -0.05) is 6.92 Å². The molecule has 0 aliphatic carbocycles. The summed E-state index contributed by atoms with van der Waals surface area (Å²) in [4.78, 5) is 3.89. The van der Waals surface area contributed by atoms with Crippen LogP contribution < -0.4 is 5.73 Å². The van der Waals surface area contributed by atoms with E-state index < -0.39 is 0 Å². The number of nitrogens with two attached hydrogens (primary N) is 1. The summed E-state index contributed by atoms with van der Waals surface area (Å²) in [5.74, 6) is 0.733. The standard InChI is InChI=1S/C11H17BrN2S/c1-8-2-10(13)5-14(4-8)6-11-3-9(12)7-15-11/h3,7-8,10H,2,4-6,13H2,1H3. The van der Waals surface area contributed by atoms with Gasteiger partial charge in [-0.15, -0.1) is 11.3 Å². The molecule has 1 aliphatic heterocycles. The Morgan fingerprint density at radius 2 is 2.40 bits per heavy atom. The topological polar surface area (TPSA) is 29.3 Å². The van der Waals surface area contributed by atoms with E-state index in [4.69, 9.17) is 5.73 Å². The number of likely N-dealkylation sites (tertiary alicyclic amines) is 1. The lowest BCUT2D eigenvalue weighted by Gasteiger charge is -2.34. The summed E-state index contributed by atoms with van der Waals surface area (Å²) in [6.07, 6.45) is 1.17. The molecule has 0 radical (unpaired) electrons. The minimum Gasteiger partial charge on any atom is -0.327 e. The highest BCUT2D eigenvalue weighted by atomic mass is 79.9. The minimum atomic E-state index is 0.358. The van der Waals surface area contributed by atoms with Crippen LogP contribution in [0.1, 0.15) is 18.2 Å². The molecular formula is C11H17BrN2S. The van der Waals surface area contributed by atoms with Gasteiger partial charge in [0, 0.05) is 40.4 Å². The Morgan fingerprint density at radius 3 is 3.00 bits per heavy atom. The van der Waals surface area contributed by atoms with Crippen LogP contribution in [0.15, 0.2) is 15.9 Å². The molecule has 2 N–H and O–H groups in total. The van der Waals surface area contributed by atoms with Gasteiger partial charge in [0.05, 0.1) is 0 Å². The molecule has 1 aromatic heterocycles. The summed E-state index contributed by atoms with van der Waals surface area (Å²) in [6.45, 7) is 5.56. The van der Waals surface area contributed by atoms with E-state index in [9.17, 15) is 0 Å². The molecule has 1 aliphatic rings. The number of hydrogen-bond acceptors (Lipinski definition) is 3. The number of halogens is 1. The SMILES string of the molecule is CC1CC(N)CN(Cc2cc(Br)cs2)C1. The molecular weight excluding hydrogens is 272 g/mol. The van der Waals surface area contributed by atoms with Crippen molar-refractivity contribution < 1.29 is 0 Å². The summed E-state index contributed by atoms with van der Waals surface area (Å²) in [7, 11) is 0. The fourth-order valence-corrected chi connectivity index (χ4v) is 3.79. The molecule has 2 atom stereocenters. The van der Waals surface area contributed by atoms with E-state index in [1.165, 1.54) is 22.3 Å². The highest BCUT2D eigenvalue weighted by Gasteiger charge is 2.22. The van der Waals surface area contributed by atoms with Crippen LogP contribution in [-0.2, 0) is 6.54 Å². The molecule has 2 heterocycles. The van der Waals surface area contributed by atoms with E-state index in [1.807, 2.05) is 11.3 Å². The van der Waals surface area contributed by atoms with Crippen molar-refractivity contribution in [3.63, 3.8) is 0 Å². The van der Waals surface area contributed by atoms with Crippen molar-refractivity contribution in [2.75, 3.05) is 13.1 Å². The van der Waals surface area contributed by atoms with Crippen LogP contribution in [-0.4, -0.2) is 24.0 Å². The van der Waals surface area contributed by atoms with Gasteiger partial charge in [-0.2, -0.15) is 0 Å². The fourth-order valence-electron chi connectivity index (χ4n) is 2.30. The summed E-state index contributed by atoms with van der Waals surface area (Å²) in [5.41, 5.74) is 6.03. The lowest BCUT2D eigenvalue weighted by molar-refractivity contribution is 0.159. The molecule has 0 aromatic carbocycles. The largest absolute Gasteiger partial charge is 0.327 e. The van der Waals surface area contributed by atoms with Crippen LogP contribution in [0.3, 0.4) is 0 Å². The quantitative estimate of drug-likeness (QED) is 0.907. The first-order valence-electron chi connectivity index (χ1n) is 5.34. The zero-order valence-corrected chi connectivity index (χ0v) is 11.4. The summed E-state index contributed by atoms with van der Waals surface area (Å²) < 4.78 is 1.19. The molecule has 1 fully saturated rings. The Morgan fingerprint density at radius 1 is 1.60 bits per heavy atom. The maximum Gasteiger partial charge on any atom is 0.0329 e. The third-order valence-corrected chi connectivity index (χ3v) is 4.45. The first-order chi connectivity index (χ1) is 7.13. The van der Waals surface area contributed by atoms with Crippen LogP contribution >= 0.6 is 27.3 Å². The Kier molecular flexibility index (Phi) is 3.83. The van der Waals surface area contributed by atoms with Gasteiger partial charge in [-0.3, -0.25) is 4.90 Å². The molecule has 15 heavy (non-hydrogen) atoms. The molecule has 2 unspecified atom stereocenters. The van der Waals surface area contributed by atoms with Gasteiger partial charge in [0.1, 0.15) is 0 Å². The van der Waals surface area contributed by atoms with Crippen LogP contribution in [0.5, 0.6) is 0 Å². The predicted molar refractivity (Wildman–Crippen MR) is 69.1 cm³/mol. The van der Waals surface area contributed by atoms with Crippen LogP contribution in [0.2, 0.25) is 0 Å². The van der Waals surface area contributed by atoms with Gasteiger partial charge in [0.25, 0.3) is 0 Å². The molecule has 1 aromatic rings. The maximum absolute atomic E-state index is 6.03. The summed E-state index contributed by atoms with van der Waals surface area (Å²) in [5, 5.41) is 2.14. The number of rotatable bonds is 2. The number of piperidine rings is 1. The predicted octanol–water partition coefficient (Wildman–Crippen LogP) is 2.68. The van der Waals surface area contributed by atoms with E-state index >= 15 is 0 Å². The van der Waals surface area contributed by atoms with Crippen molar-refractivity contribution >= 4 is 27.3 Å². The van der Waals surface area contributed by atoms with Crippen LogP contribution in [0, 0.1) is 5.92 Å². The van der Waals surface area contributed by atoms with Gasteiger partial charge in [0.15, 0.2) is 0 Å². The van der Waals surface area contributed by atoms with Crippen molar-refractivity contribution in [2.45, 2.75) is 25.9 Å². The van der Waals surface area contributed by atoms with E-state index in [-0.39, 0.29) is 0 Å². The molecule has 4 heteroatoms. The molecule has 84 valence electrons. The Balaban J connectivity index is 1.94. The zero-order chi connectivity index (χ0) is 10.8. The highest BCUT2D eigenvalue weighted by Crippen LogP contribution is 2.23. The first-order valence-corrected chi connectivity index (χ1v) is 7.01. The fraction of sp³-hybridized carbons (Fsp3) is 0.636. The van der Waals surface area contributed by atoms with Crippen LogP contribution in [0.25, 0.3) is 0 Å². The second-order valence-electron chi connectivity index (χ2n) is 4.53. The monoisotopic (exact) mass is 288 g/mol. The Hall–Kier alpha value is 0.1000. The molecule has 0 saturated carbocycles. The minimum absolute atomic E-state index is 0.358. The van der Waals surface area contributed by atoms with Gasteiger partial charge in [0.2, 0.25) is 0 Å². The normalized spacial score (nSPS) is 28.2. The summed E-state index contributed by atoms with van der Waals surface area (Å²) in [6, 6.07) is 2.56. The van der Waals surface area contributed by atoms with E-state index in [0.29, 0.717) is 6.04 Å². The van der Waals surface area contributed by atoms with E-state index in [1.54, 1.807) is 0 Å². The van der Waals surface area contributed by atoms with Gasteiger partial charge in [-0.05, 0) is 34.3 Å². The third kappa shape index (κ3) is 3.28. The number of thiophene rings is 1. The van der Waals surface area contributed by atoms with Gasteiger partial charge >= 0.3 is 0 Å². The van der Waals surface area contributed by atoms with Gasteiger partial charge < -0.3 is 5.73 Å². The van der Waals surface area contributed by atoms with Gasteiger partial charge in [-0.25, -0.2) is 0 Å². The molecule has 2 nitrogen and oxygen atoms in total. The lowest BCUT2D eigenvalue weighted by Crippen LogP contribution is -2.45. The molecule has 0 spiro atoms. The molecule has 0 amide bonds.